The molecule has 0 bridgehead atoms. The number of carboxylic acids is 1. The Morgan fingerprint density at radius 3 is 2.72 bits per heavy atom. The zero-order chi connectivity index (χ0) is 13.5. The van der Waals surface area contributed by atoms with Crippen molar-refractivity contribution in [3.63, 3.8) is 0 Å². The van der Waals surface area contributed by atoms with Gasteiger partial charge in [0.2, 0.25) is 0 Å². The van der Waals surface area contributed by atoms with Crippen LogP contribution in [0.3, 0.4) is 0 Å². The van der Waals surface area contributed by atoms with Crippen LogP contribution in [-0.4, -0.2) is 28.6 Å². The molecule has 1 aliphatic rings. The SMILES string of the molecule is Cc1c(C(=O)O)ccc2c1NC(=O)C2(O)CCN. The normalized spacial score (nSPS) is 21.6. The molecule has 5 N–H and O–H groups in total. The van der Waals surface area contributed by atoms with Crippen LogP contribution in [0.2, 0.25) is 0 Å². The molecule has 0 saturated carbocycles. The van der Waals surface area contributed by atoms with Crippen molar-refractivity contribution in [3.05, 3.63) is 28.8 Å². The summed E-state index contributed by atoms with van der Waals surface area (Å²) in [4.78, 5) is 22.8. The number of aliphatic hydroxyl groups is 1. The second kappa shape index (κ2) is 4.08. The van der Waals surface area contributed by atoms with Crippen LogP contribution in [-0.2, 0) is 10.4 Å². The van der Waals surface area contributed by atoms with Gasteiger partial charge in [-0.15, -0.1) is 0 Å². The largest absolute Gasteiger partial charge is 0.478 e. The van der Waals surface area contributed by atoms with Crippen molar-refractivity contribution >= 4 is 17.6 Å². The number of carboxylic acid groups (broad SMARTS) is 1. The number of anilines is 1. The summed E-state index contributed by atoms with van der Waals surface area (Å²) in [5.41, 5.74) is 5.03. The van der Waals surface area contributed by atoms with E-state index < -0.39 is 17.5 Å². The number of nitrogens with two attached hydrogens (primary N) is 1. The number of aromatic carboxylic acids is 1. The molecule has 0 saturated heterocycles. The van der Waals surface area contributed by atoms with Gasteiger partial charge in [-0.05, 0) is 25.1 Å². The Morgan fingerprint density at radius 2 is 2.17 bits per heavy atom. The van der Waals surface area contributed by atoms with Crippen LogP contribution in [0.15, 0.2) is 12.1 Å². The second-order valence-electron chi connectivity index (χ2n) is 4.32. The van der Waals surface area contributed by atoms with Gasteiger partial charge in [0.15, 0.2) is 5.60 Å². The van der Waals surface area contributed by atoms with Gasteiger partial charge in [-0.25, -0.2) is 4.79 Å². The lowest BCUT2D eigenvalue weighted by atomic mass is 9.89. The van der Waals surface area contributed by atoms with Crippen molar-refractivity contribution in [3.8, 4) is 0 Å². The molecule has 0 fully saturated rings. The summed E-state index contributed by atoms with van der Waals surface area (Å²) in [5, 5.41) is 21.9. The summed E-state index contributed by atoms with van der Waals surface area (Å²) < 4.78 is 0. The van der Waals surface area contributed by atoms with E-state index in [0.717, 1.165) is 0 Å². The van der Waals surface area contributed by atoms with Gasteiger partial charge in [0.1, 0.15) is 0 Å². The molecule has 1 aliphatic heterocycles. The third kappa shape index (κ3) is 1.58. The van der Waals surface area contributed by atoms with E-state index in [2.05, 4.69) is 5.32 Å². The van der Waals surface area contributed by atoms with E-state index in [0.29, 0.717) is 16.8 Å². The maximum absolute atomic E-state index is 11.8. The van der Waals surface area contributed by atoms with E-state index in [4.69, 9.17) is 10.8 Å². The molecule has 1 heterocycles. The average Bonchev–Trinajstić information content (AvgIpc) is 2.54. The van der Waals surface area contributed by atoms with Gasteiger partial charge in [-0.2, -0.15) is 0 Å². The highest BCUT2D eigenvalue weighted by Crippen LogP contribution is 2.40. The highest BCUT2D eigenvalue weighted by atomic mass is 16.4. The molecule has 1 unspecified atom stereocenters. The van der Waals surface area contributed by atoms with E-state index >= 15 is 0 Å². The lowest BCUT2D eigenvalue weighted by molar-refractivity contribution is -0.134. The lowest BCUT2D eigenvalue weighted by Crippen LogP contribution is -2.36. The molecule has 0 radical (unpaired) electrons. The number of amides is 1. The second-order valence-corrected chi connectivity index (χ2v) is 4.32. The minimum Gasteiger partial charge on any atom is -0.478 e. The van der Waals surface area contributed by atoms with E-state index in [-0.39, 0.29) is 18.5 Å². The van der Waals surface area contributed by atoms with Crippen LogP contribution in [0.1, 0.15) is 27.9 Å². The highest BCUT2D eigenvalue weighted by Gasteiger charge is 2.45. The Balaban J connectivity index is 2.60. The van der Waals surface area contributed by atoms with Gasteiger partial charge >= 0.3 is 5.97 Å². The molecule has 1 aromatic rings. The number of hydrogen-bond acceptors (Lipinski definition) is 4. The molecule has 6 heteroatoms. The fourth-order valence-corrected chi connectivity index (χ4v) is 2.25. The number of rotatable bonds is 3. The summed E-state index contributed by atoms with van der Waals surface area (Å²) in [5.74, 6) is -1.63. The summed E-state index contributed by atoms with van der Waals surface area (Å²) in [6, 6.07) is 2.84. The van der Waals surface area contributed by atoms with Gasteiger partial charge in [0.05, 0.1) is 11.3 Å². The van der Waals surface area contributed by atoms with E-state index in [1.54, 1.807) is 6.92 Å². The molecule has 18 heavy (non-hydrogen) atoms. The Morgan fingerprint density at radius 1 is 1.50 bits per heavy atom. The lowest BCUT2D eigenvalue weighted by Gasteiger charge is -2.19. The first kappa shape index (κ1) is 12.5. The topological polar surface area (TPSA) is 113 Å². The zero-order valence-corrected chi connectivity index (χ0v) is 9.86. The number of fused-ring (bicyclic) bond motifs is 1. The quantitative estimate of drug-likeness (QED) is 0.611. The van der Waals surface area contributed by atoms with Crippen molar-refractivity contribution in [2.45, 2.75) is 18.9 Å². The molecule has 2 rings (SSSR count). The van der Waals surface area contributed by atoms with Crippen molar-refractivity contribution in [2.75, 3.05) is 11.9 Å². The molecule has 1 amide bonds. The van der Waals surface area contributed by atoms with Crippen LogP contribution in [0.5, 0.6) is 0 Å². The number of nitrogens with one attached hydrogen (secondary N) is 1. The molecule has 1 aromatic carbocycles. The first-order valence-electron chi connectivity index (χ1n) is 5.53. The highest BCUT2D eigenvalue weighted by molar-refractivity contribution is 6.07. The molecular formula is C12H14N2O4. The first-order valence-corrected chi connectivity index (χ1v) is 5.53. The Hall–Kier alpha value is -1.92. The molecule has 6 nitrogen and oxygen atoms in total. The van der Waals surface area contributed by atoms with Gasteiger partial charge < -0.3 is 21.3 Å². The third-order valence-corrected chi connectivity index (χ3v) is 3.26. The molecular weight excluding hydrogens is 236 g/mol. The predicted octanol–water partition coefficient (Wildman–Crippen LogP) is 0.182. The van der Waals surface area contributed by atoms with Crippen LogP contribution < -0.4 is 11.1 Å². The van der Waals surface area contributed by atoms with Crippen LogP contribution in [0.25, 0.3) is 0 Å². The van der Waals surface area contributed by atoms with Gasteiger partial charge in [0, 0.05) is 12.0 Å². The van der Waals surface area contributed by atoms with Gasteiger partial charge in [-0.1, -0.05) is 6.07 Å². The third-order valence-electron chi connectivity index (χ3n) is 3.26. The summed E-state index contributed by atoms with van der Waals surface area (Å²) in [6.45, 7) is 1.75. The molecule has 96 valence electrons. The average molecular weight is 250 g/mol. The van der Waals surface area contributed by atoms with Crippen molar-refractivity contribution in [2.24, 2.45) is 5.73 Å². The van der Waals surface area contributed by atoms with Gasteiger partial charge in [-0.3, -0.25) is 4.79 Å². The summed E-state index contributed by atoms with van der Waals surface area (Å²) in [6.07, 6.45) is 0.0949. The van der Waals surface area contributed by atoms with Crippen molar-refractivity contribution < 1.29 is 19.8 Å². The standard InChI is InChI=1S/C12H14N2O4/c1-6-7(10(15)16)2-3-8-9(6)14-11(17)12(8,18)4-5-13/h2-3,18H,4-5,13H2,1H3,(H,14,17)(H,15,16). The smallest absolute Gasteiger partial charge is 0.336 e. The maximum atomic E-state index is 11.8. The fourth-order valence-electron chi connectivity index (χ4n) is 2.25. The molecule has 1 atom stereocenters. The van der Waals surface area contributed by atoms with E-state index in [1.807, 2.05) is 0 Å². The number of hydrogen-bond donors (Lipinski definition) is 4. The Labute approximate surface area is 103 Å². The summed E-state index contributed by atoms with van der Waals surface area (Å²) in [7, 11) is 0. The zero-order valence-electron chi connectivity index (χ0n) is 9.86. The molecule has 0 spiro atoms. The van der Waals surface area contributed by atoms with Crippen LogP contribution in [0.4, 0.5) is 5.69 Å². The number of benzene rings is 1. The number of carbonyl (C=O) groups is 2. The predicted molar refractivity (Wildman–Crippen MR) is 64.3 cm³/mol. The van der Waals surface area contributed by atoms with Crippen molar-refractivity contribution in [1.82, 2.24) is 0 Å². The minimum absolute atomic E-state index is 0.0949. The fraction of sp³-hybridized carbons (Fsp3) is 0.333. The van der Waals surface area contributed by atoms with E-state index in [1.165, 1.54) is 12.1 Å². The van der Waals surface area contributed by atoms with Crippen molar-refractivity contribution in [1.29, 1.82) is 0 Å². The van der Waals surface area contributed by atoms with Crippen LogP contribution >= 0.6 is 0 Å². The molecule has 0 aliphatic carbocycles. The van der Waals surface area contributed by atoms with E-state index in [9.17, 15) is 14.7 Å². The monoisotopic (exact) mass is 250 g/mol. The van der Waals surface area contributed by atoms with Gasteiger partial charge in [0.25, 0.3) is 5.91 Å². The Bertz CT molecular complexity index is 541. The first-order chi connectivity index (χ1) is 8.41. The van der Waals surface area contributed by atoms with Crippen LogP contribution in [0, 0.1) is 6.92 Å². The maximum Gasteiger partial charge on any atom is 0.336 e. The number of carbonyl (C=O) groups excluding carboxylic acids is 1. The summed E-state index contributed by atoms with van der Waals surface area (Å²) >= 11 is 0. The Kier molecular flexibility index (Phi) is 2.84. The minimum atomic E-state index is -1.66. The molecule has 0 aromatic heterocycles.